The van der Waals surface area contributed by atoms with Gasteiger partial charge in [-0.1, -0.05) is 13.0 Å². The van der Waals surface area contributed by atoms with Crippen molar-refractivity contribution in [3.63, 3.8) is 0 Å². The van der Waals surface area contributed by atoms with Gasteiger partial charge in [-0.2, -0.15) is 0 Å². The first-order valence-electron chi connectivity index (χ1n) is 6.91. The molecule has 21 heavy (non-hydrogen) atoms. The van der Waals surface area contributed by atoms with Crippen molar-refractivity contribution in [3.05, 3.63) is 33.9 Å². The molecule has 7 nitrogen and oxygen atoms in total. The predicted molar refractivity (Wildman–Crippen MR) is 82.8 cm³/mol. The number of carbonyl (C=O) groups is 1. The molecule has 2 N–H and O–H groups in total. The van der Waals surface area contributed by atoms with E-state index in [0.717, 1.165) is 6.42 Å². The highest BCUT2D eigenvalue weighted by atomic mass is 16.6. The van der Waals surface area contributed by atoms with E-state index in [4.69, 9.17) is 0 Å². The number of para-hydroxylation sites is 1. The fourth-order valence-corrected chi connectivity index (χ4v) is 1.81. The zero-order valence-electron chi connectivity index (χ0n) is 12.7. The first kappa shape index (κ1) is 16.9. The molecule has 0 fully saturated rings. The van der Waals surface area contributed by atoms with Gasteiger partial charge in [0.2, 0.25) is 0 Å². The fraction of sp³-hybridized carbons (Fsp3) is 0.500. The van der Waals surface area contributed by atoms with Gasteiger partial charge >= 0.3 is 5.69 Å². The lowest BCUT2D eigenvalue weighted by Crippen LogP contribution is -2.31. The number of benzene rings is 1. The molecule has 0 spiro atoms. The van der Waals surface area contributed by atoms with E-state index in [2.05, 4.69) is 10.6 Å². The maximum atomic E-state index is 12.1. The summed E-state index contributed by atoms with van der Waals surface area (Å²) in [6.07, 6.45) is 0.844. The summed E-state index contributed by atoms with van der Waals surface area (Å²) in [7, 11) is 3.79. The minimum atomic E-state index is -0.515. The molecule has 1 amide bonds. The smallest absolute Gasteiger partial charge is 0.305 e. The fourth-order valence-electron chi connectivity index (χ4n) is 1.81. The largest absolute Gasteiger partial charge is 0.379 e. The Kier molecular flexibility index (Phi) is 6.61. The van der Waals surface area contributed by atoms with Crippen LogP contribution in [0, 0.1) is 10.1 Å². The zero-order chi connectivity index (χ0) is 15.8. The lowest BCUT2D eigenvalue weighted by molar-refractivity contribution is -0.384. The number of likely N-dealkylation sites (N-methyl/N-ethyl adjacent to an activating group) is 1. The maximum absolute atomic E-state index is 12.1. The third-order valence-corrected chi connectivity index (χ3v) is 2.87. The van der Waals surface area contributed by atoms with Gasteiger partial charge < -0.3 is 15.5 Å². The van der Waals surface area contributed by atoms with E-state index in [-0.39, 0.29) is 11.3 Å². The quantitative estimate of drug-likeness (QED) is 0.563. The second-order valence-electron chi connectivity index (χ2n) is 4.94. The maximum Gasteiger partial charge on any atom is 0.305 e. The van der Waals surface area contributed by atoms with Gasteiger partial charge in [0.05, 0.1) is 4.92 Å². The summed E-state index contributed by atoms with van der Waals surface area (Å²) >= 11 is 0. The summed E-state index contributed by atoms with van der Waals surface area (Å²) in [6, 6.07) is 4.73. The molecular formula is C14H22N4O3. The summed E-state index contributed by atoms with van der Waals surface area (Å²) in [5.74, 6) is -0.427. The SMILES string of the molecule is CCCNc1cccc(C(=O)NCCN(C)C)c1[N+](=O)[O-]. The molecule has 7 heteroatoms. The first-order chi connectivity index (χ1) is 9.97. The van der Waals surface area contributed by atoms with Crippen molar-refractivity contribution in [2.75, 3.05) is 39.0 Å². The van der Waals surface area contributed by atoms with Gasteiger partial charge in [-0.3, -0.25) is 14.9 Å². The number of amides is 1. The molecule has 0 saturated heterocycles. The standard InChI is InChI=1S/C14H22N4O3/c1-4-8-15-12-7-5-6-11(13(12)18(20)21)14(19)16-9-10-17(2)3/h5-7,15H,4,8-10H2,1-3H3,(H,16,19). The second kappa shape index (κ2) is 8.21. The average Bonchev–Trinajstić information content (AvgIpc) is 2.43. The van der Waals surface area contributed by atoms with Crippen LogP contribution in [0.2, 0.25) is 0 Å². The number of nitro benzene ring substituents is 1. The van der Waals surface area contributed by atoms with Crippen molar-refractivity contribution in [3.8, 4) is 0 Å². The molecular weight excluding hydrogens is 272 g/mol. The van der Waals surface area contributed by atoms with Gasteiger partial charge in [0.15, 0.2) is 0 Å². The van der Waals surface area contributed by atoms with Crippen molar-refractivity contribution in [1.29, 1.82) is 0 Å². The number of hydrogen-bond donors (Lipinski definition) is 2. The second-order valence-corrected chi connectivity index (χ2v) is 4.94. The monoisotopic (exact) mass is 294 g/mol. The third kappa shape index (κ3) is 5.03. The Morgan fingerprint density at radius 3 is 2.62 bits per heavy atom. The Morgan fingerprint density at radius 1 is 1.33 bits per heavy atom. The van der Waals surface area contributed by atoms with Crippen LogP contribution in [0.1, 0.15) is 23.7 Å². The highest BCUT2D eigenvalue weighted by Gasteiger charge is 2.24. The van der Waals surface area contributed by atoms with Gasteiger partial charge in [-0.05, 0) is 32.6 Å². The highest BCUT2D eigenvalue weighted by molar-refractivity contribution is 6.00. The molecule has 0 heterocycles. The van der Waals surface area contributed by atoms with Crippen molar-refractivity contribution in [2.45, 2.75) is 13.3 Å². The van der Waals surface area contributed by atoms with Crippen molar-refractivity contribution in [1.82, 2.24) is 10.2 Å². The zero-order valence-corrected chi connectivity index (χ0v) is 12.7. The number of nitrogens with zero attached hydrogens (tertiary/aromatic N) is 2. The lowest BCUT2D eigenvalue weighted by atomic mass is 10.1. The van der Waals surface area contributed by atoms with Crippen molar-refractivity contribution >= 4 is 17.3 Å². The normalized spacial score (nSPS) is 10.5. The molecule has 1 rings (SSSR count). The van der Waals surface area contributed by atoms with Gasteiger partial charge in [0.1, 0.15) is 11.3 Å². The van der Waals surface area contributed by atoms with E-state index < -0.39 is 10.8 Å². The van der Waals surface area contributed by atoms with Crippen LogP contribution in [0.3, 0.4) is 0 Å². The highest BCUT2D eigenvalue weighted by Crippen LogP contribution is 2.28. The van der Waals surface area contributed by atoms with Crippen molar-refractivity contribution < 1.29 is 9.72 Å². The number of rotatable bonds is 8. The summed E-state index contributed by atoms with van der Waals surface area (Å²) in [5.41, 5.74) is 0.287. The molecule has 0 aliphatic carbocycles. The molecule has 0 saturated carbocycles. The molecule has 0 bridgehead atoms. The summed E-state index contributed by atoms with van der Waals surface area (Å²) < 4.78 is 0. The number of nitro groups is 1. The lowest BCUT2D eigenvalue weighted by Gasteiger charge is -2.12. The van der Waals surface area contributed by atoms with E-state index in [0.29, 0.717) is 25.3 Å². The van der Waals surface area contributed by atoms with Crippen LogP contribution in [0.15, 0.2) is 18.2 Å². The molecule has 0 radical (unpaired) electrons. The van der Waals surface area contributed by atoms with Crippen LogP contribution in [0.5, 0.6) is 0 Å². The van der Waals surface area contributed by atoms with Gasteiger partial charge in [-0.15, -0.1) is 0 Å². The Balaban J connectivity index is 2.94. The molecule has 116 valence electrons. The first-order valence-corrected chi connectivity index (χ1v) is 6.91. The van der Waals surface area contributed by atoms with E-state index in [1.54, 1.807) is 12.1 Å². The molecule has 0 aliphatic heterocycles. The van der Waals surface area contributed by atoms with E-state index in [9.17, 15) is 14.9 Å². The van der Waals surface area contributed by atoms with Gasteiger partial charge in [0.25, 0.3) is 5.91 Å². The Labute approximate surface area is 124 Å². The number of anilines is 1. The Bertz CT molecular complexity index is 503. The molecule has 1 aromatic carbocycles. The Morgan fingerprint density at radius 2 is 2.05 bits per heavy atom. The number of hydrogen-bond acceptors (Lipinski definition) is 5. The Hall–Kier alpha value is -2.15. The number of nitrogens with one attached hydrogen (secondary N) is 2. The van der Waals surface area contributed by atoms with Gasteiger partial charge in [-0.25, -0.2) is 0 Å². The van der Waals surface area contributed by atoms with Crippen LogP contribution in [-0.4, -0.2) is 49.5 Å². The molecule has 0 aromatic heterocycles. The summed E-state index contributed by atoms with van der Waals surface area (Å²) in [4.78, 5) is 24.8. The molecule has 0 atom stereocenters. The molecule has 0 unspecified atom stereocenters. The third-order valence-electron chi connectivity index (χ3n) is 2.87. The number of carbonyl (C=O) groups excluding carboxylic acids is 1. The topological polar surface area (TPSA) is 87.5 Å². The average molecular weight is 294 g/mol. The summed E-state index contributed by atoms with van der Waals surface area (Å²) in [6.45, 7) is 3.70. The molecule has 1 aromatic rings. The predicted octanol–water partition coefficient (Wildman–Crippen LogP) is 1.71. The van der Waals surface area contributed by atoms with Crippen molar-refractivity contribution in [2.24, 2.45) is 0 Å². The van der Waals surface area contributed by atoms with E-state index in [1.165, 1.54) is 6.07 Å². The van der Waals surface area contributed by atoms with E-state index in [1.807, 2.05) is 25.9 Å². The summed E-state index contributed by atoms with van der Waals surface area (Å²) in [5, 5.41) is 16.9. The van der Waals surface area contributed by atoms with Crippen LogP contribution in [-0.2, 0) is 0 Å². The minimum absolute atomic E-state index is 0.0832. The molecule has 0 aliphatic rings. The van der Waals surface area contributed by atoms with Gasteiger partial charge in [0, 0.05) is 19.6 Å². The van der Waals surface area contributed by atoms with Crippen LogP contribution < -0.4 is 10.6 Å². The minimum Gasteiger partial charge on any atom is -0.379 e. The van der Waals surface area contributed by atoms with Crippen LogP contribution >= 0.6 is 0 Å². The van der Waals surface area contributed by atoms with Crippen LogP contribution in [0.25, 0.3) is 0 Å². The van der Waals surface area contributed by atoms with Crippen LogP contribution in [0.4, 0.5) is 11.4 Å². The van der Waals surface area contributed by atoms with E-state index >= 15 is 0 Å².